The van der Waals surface area contributed by atoms with E-state index in [-0.39, 0.29) is 6.04 Å². The zero-order valence-electron chi connectivity index (χ0n) is 13.5. The molecule has 2 rings (SSSR count). The van der Waals surface area contributed by atoms with Crippen LogP contribution in [0.3, 0.4) is 0 Å². The summed E-state index contributed by atoms with van der Waals surface area (Å²) in [7, 11) is 2.18. The van der Waals surface area contributed by atoms with Crippen LogP contribution in [0.5, 0.6) is 0 Å². The zero-order valence-corrected chi connectivity index (χ0v) is 14.3. The van der Waals surface area contributed by atoms with Crippen molar-refractivity contribution < 1.29 is 0 Å². The van der Waals surface area contributed by atoms with Crippen LogP contribution < -0.4 is 10.6 Å². The molecule has 21 heavy (non-hydrogen) atoms. The number of nitrogens with two attached hydrogens (primary N) is 1. The van der Waals surface area contributed by atoms with Gasteiger partial charge in [-0.1, -0.05) is 12.1 Å². The maximum absolute atomic E-state index is 5.91. The fraction of sp³-hybridized carbons (Fsp3) is 0.444. The maximum atomic E-state index is 5.91. The Labute approximate surface area is 132 Å². The lowest BCUT2D eigenvalue weighted by Gasteiger charge is -2.27. The van der Waals surface area contributed by atoms with Gasteiger partial charge in [0, 0.05) is 36.1 Å². The molecular weight excluding hydrogens is 276 g/mol. The molecule has 0 radical (unpaired) electrons. The van der Waals surface area contributed by atoms with Gasteiger partial charge < -0.3 is 10.6 Å². The molecule has 1 aromatic carbocycles. The number of anilines is 1. The van der Waals surface area contributed by atoms with Gasteiger partial charge in [0.25, 0.3) is 0 Å². The maximum Gasteiger partial charge on any atom is 0.0368 e. The average Bonchev–Trinajstić information content (AvgIpc) is 2.92. The number of thiophene rings is 1. The van der Waals surface area contributed by atoms with E-state index in [9.17, 15) is 0 Å². The van der Waals surface area contributed by atoms with E-state index in [4.69, 9.17) is 5.73 Å². The molecule has 0 spiro atoms. The van der Waals surface area contributed by atoms with Crippen molar-refractivity contribution in [1.82, 2.24) is 0 Å². The van der Waals surface area contributed by atoms with Crippen LogP contribution in [0, 0.1) is 6.92 Å². The normalized spacial score (nSPS) is 14.0. The van der Waals surface area contributed by atoms with E-state index < -0.39 is 0 Å². The summed E-state index contributed by atoms with van der Waals surface area (Å²) in [5.74, 6) is 0. The molecule has 2 nitrogen and oxygen atoms in total. The Balaban J connectivity index is 2.08. The molecular formula is C18H26N2S. The molecule has 0 aliphatic carbocycles. The molecule has 1 aromatic heterocycles. The highest BCUT2D eigenvalue weighted by Gasteiger charge is 2.12. The van der Waals surface area contributed by atoms with Crippen molar-refractivity contribution in [2.75, 3.05) is 11.9 Å². The highest BCUT2D eigenvalue weighted by Crippen LogP contribution is 2.23. The van der Waals surface area contributed by atoms with Gasteiger partial charge in [-0.15, -0.1) is 11.3 Å². The van der Waals surface area contributed by atoms with Gasteiger partial charge in [-0.2, -0.15) is 0 Å². The van der Waals surface area contributed by atoms with Crippen LogP contribution in [0.4, 0.5) is 5.69 Å². The number of hydrogen-bond acceptors (Lipinski definition) is 3. The molecule has 114 valence electrons. The fourth-order valence-corrected chi connectivity index (χ4v) is 3.41. The monoisotopic (exact) mass is 302 g/mol. The summed E-state index contributed by atoms with van der Waals surface area (Å²) in [6, 6.07) is 11.8. The molecule has 0 fully saturated rings. The first-order valence-corrected chi connectivity index (χ1v) is 8.45. The summed E-state index contributed by atoms with van der Waals surface area (Å²) in [6.07, 6.45) is 2.04. The number of benzene rings is 1. The Kier molecular flexibility index (Phi) is 5.43. The Hall–Kier alpha value is -1.32. The minimum absolute atomic E-state index is 0.213. The van der Waals surface area contributed by atoms with Crippen molar-refractivity contribution in [3.05, 3.63) is 51.7 Å². The first kappa shape index (κ1) is 16.1. The van der Waals surface area contributed by atoms with E-state index in [1.54, 1.807) is 0 Å². The predicted molar refractivity (Wildman–Crippen MR) is 94.4 cm³/mol. The van der Waals surface area contributed by atoms with Gasteiger partial charge in [0.1, 0.15) is 0 Å². The molecule has 2 unspecified atom stereocenters. The predicted octanol–water partition coefficient (Wildman–Crippen LogP) is 4.01. The van der Waals surface area contributed by atoms with Crippen LogP contribution in [0.1, 0.15) is 29.9 Å². The van der Waals surface area contributed by atoms with Crippen molar-refractivity contribution in [1.29, 1.82) is 0 Å². The lowest BCUT2D eigenvalue weighted by molar-refractivity contribution is 0.687. The van der Waals surface area contributed by atoms with E-state index in [0.717, 1.165) is 12.8 Å². The lowest BCUT2D eigenvalue weighted by atomic mass is 10.0. The summed E-state index contributed by atoms with van der Waals surface area (Å²) in [5.41, 5.74) is 9.88. The molecule has 0 saturated heterocycles. The van der Waals surface area contributed by atoms with Crippen LogP contribution >= 0.6 is 11.3 Å². The quantitative estimate of drug-likeness (QED) is 0.873. The van der Waals surface area contributed by atoms with Crippen molar-refractivity contribution in [2.24, 2.45) is 5.73 Å². The van der Waals surface area contributed by atoms with Crippen LogP contribution in [-0.2, 0) is 12.8 Å². The van der Waals surface area contributed by atoms with Crippen molar-refractivity contribution in [2.45, 2.75) is 45.7 Å². The Morgan fingerprint density at radius 2 is 1.95 bits per heavy atom. The second-order valence-electron chi connectivity index (χ2n) is 6.04. The molecule has 1 heterocycles. The van der Waals surface area contributed by atoms with Crippen LogP contribution in [-0.4, -0.2) is 19.1 Å². The number of aryl methyl sites for hydroxylation is 1. The number of likely N-dealkylation sites (N-methyl/N-ethyl adjacent to an activating group) is 1. The Morgan fingerprint density at radius 1 is 1.19 bits per heavy atom. The minimum atomic E-state index is 0.213. The van der Waals surface area contributed by atoms with E-state index >= 15 is 0 Å². The standard InChI is InChI=1S/C18H26N2S/c1-13-10-17(8-7-16(13)11-14(2)19)20(4)15(3)12-18-6-5-9-21-18/h5-10,14-15H,11-12,19H2,1-4H3. The molecule has 0 saturated carbocycles. The van der Waals surface area contributed by atoms with Gasteiger partial charge in [0.05, 0.1) is 0 Å². The van der Waals surface area contributed by atoms with Crippen LogP contribution in [0.15, 0.2) is 35.7 Å². The number of nitrogens with zero attached hydrogens (tertiary/aromatic N) is 1. The van der Waals surface area contributed by atoms with Gasteiger partial charge in [-0.25, -0.2) is 0 Å². The van der Waals surface area contributed by atoms with Crippen molar-refractivity contribution >= 4 is 17.0 Å². The Morgan fingerprint density at radius 3 is 2.52 bits per heavy atom. The minimum Gasteiger partial charge on any atom is -0.372 e. The average molecular weight is 302 g/mol. The Bertz CT molecular complexity index is 561. The SMILES string of the molecule is Cc1cc(N(C)C(C)Cc2cccs2)ccc1CC(C)N. The molecule has 2 atom stereocenters. The topological polar surface area (TPSA) is 29.3 Å². The first-order valence-electron chi connectivity index (χ1n) is 7.57. The second kappa shape index (κ2) is 7.10. The smallest absolute Gasteiger partial charge is 0.0368 e. The zero-order chi connectivity index (χ0) is 15.4. The summed E-state index contributed by atoms with van der Waals surface area (Å²) < 4.78 is 0. The third-order valence-corrected chi connectivity index (χ3v) is 4.91. The highest BCUT2D eigenvalue weighted by molar-refractivity contribution is 7.09. The molecule has 0 aliphatic heterocycles. The summed E-state index contributed by atoms with van der Waals surface area (Å²) >= 11 is 1.84. The summed E-state index contributed by atoms with van der Waals surface area (Å²) in [4.78, 5) is 3.81. The molecule has 0 amide bonds. The van der Waals surface area contributed by atoms with E-state index in [0.29, 0.717) is 6.04 Å². The molecule has 2 aromatic rings. The second-order valence-corrected chi connectivity index (χ2v) is 7.07. The summed E-state index contributed by atoms with van der Waals surface area (Å²) in [5, 5.41) is 2.15. The molecule has 0 aliphatic rings. The van der Waals surface area contributed by atoms with Gasteiger partial charge >= 0.3 is 0 Å². The molecule has 2 N–H and O–H groups in total. The van der Waals surface area contributed by atoms with Crippen LogP contribution in [0.25, 0.3) is 0 Å². The third-order valence-electron chi connectivity index (χ3n) is 4.01. The van der Waals surface area contributed by atoms with Crippen LogP contribution in [0.2, 0.25) is 0 Å². The largest absolute Gasteiger partial charge is 0.372 e. The lowest BCUT2D eigenvalue weighted by Crippen LogP contribution is -2.30. The fourth-order valence-electron chi connectivity index (χ4n) is 2.59. The first-order chi connectivity index (χ1) is 9.97. The van der Waals surface area contributed by atoms with E-state index in [1.165, 1.54) is 21.7 Å². The van der Waals surface area contributed by atoms with Gasteiger partial charge in [-0.05, 0) is 61.9 Å². The highest BCUT2D eigenvalue weighted by atomic mass is 32.1. The van der Waals surface area contributed by atoms with Gasteiger partial charge in [-0.3, -0.25) is 0 Å². The third kappa shape index (κ3) is 4.32. The van der Waals surface area contributed by atoms with Crippen molar-refractivity contribution in [3.8, 4) is 0 Å². The van der Waals surface area contributed by atoms with Gasteiger partial charge in [0.15, 0.2) is 0 Å². The van der Waals surface area contributed by atoms with Gasteiger partial charge in [0.2, 0.25) is 0 Å². The number of hydrogen-bond donors (Lipinski definition) is 1. The number of rotatable bonds is 6. The molecule has 0 bridgehead atoms. The summed E-state index contributed by atoms with van der Waals surface area (Å²) in [6.45, 7) is 6.52. The van der Waals surface area contributed by atoms with E-state index in [1.807, 2.05) is 11.3 Å². The molecule has 3 heteroatoms. The van der Waals surface area contributed by atoms with E-state index in [2.05, 4.69) is 68.4 Å². The van der Waals surface area contributed by atoms with Crippen molar-refractivity contribution in [3.63, 3.8) is 0 Å².